The number of carbonyl (C=O) groups is 1. The molecule has 1 aliphatic heterocycles. The van der Waals surface area contributed by atoms with Gasteiger partial charge in [0, 0.05) is 13.1 Å². The molecule has 1 aromatic heterocycles. The van der Waals surface area contributed by atoms with Crippen LogP contribution < -0.4 is 0 Å². The molecule has 140 valence electrons. The second kappa shape index (κ2) is 7.80. The summed E-state index contributed by atoms with van der Waals surface area (Å²) in [5.74, 6) is 0.118. The Hall–Kier alpha value is -1.86. The number of benzene rings is 1. The maximum atomic E-state index is 12.9. The highest BCUT2D eigenvalue weighted by molar-refractivity contribution is 8.00. The Kier molecular flexibility index (Phi) is 5.67. The zero-order valence-corrected chi connectivity index (χ0v) is 16.8. The molecule has 2 aromatic rings. The van der Waals surface area contributed by atoms with Crippen LogP contribution >= 0.6 is 11.8 Å². The standard InChI is InChI=1S/C19H26N4O2S/c1-12-6-7-17(13(2)8-12)23-11-20-21-19(23)26-16(5)18(24)22-9-14(3)25-15(4)10-22/h6-8,11,14-16H,9-10H2,1-5H3/t14-,15+,16-/m1/s1. The van der Waals surface area contributed by atoms with Gasteiger partial charge < -0.3 is 9.64 Å². The van der Waals surface area contributed by atoms with Gasteiger partial charge in [0.15, 0.2) is 5.16 Å². The van der Waals surface area contributed by atoms with E-state index >= 15 is 0 Å². The minimum absolute atomic E-state index is 0.0683. The van der Waals surface area contributed by atoms with E-state index in [4.69, 9.17) is 4.74 Å². The molecule has 3 rings (SSSR count). The topological polar surface area (TPSA) is 60.2 Å². The summed E-state index contributed by atoms with van der Waals surface area (Å²) in [6, 6.07) is 6.27. The lowest BCUT2D eigenvalue weighted by atomic mass is 10.1. The highest BCUT2D eigenvalue weighted by atomic mass is 32.2. The second-order valence-electron chi connectivity index (χ2n) is 7.03. The quantitative estimate of drug-likeness (QED) is 0.770. The number of rotatable bonds is 4. The third kappa shape index (κ3) is 4.10. The summed E-state index contributed by atoms with van der Waals surface area (Å²) in [5, 5.41) is 8.79. The van der Waals surface area contributed by atoms with Crippen LogP contribution in [-0.2, 0) is 9.53 Å². The van der Waals surface area contributed by atoms with Crippen LogP contribution in [0.25, 0.3) is 5.69 Å². The predicted molar refractivity (Wildman–Crippen MR) is 103 cm³/mol. The molecule has 2 heterocycles. The van der Waals surface area contributed by atoms with Crippen LogP contribution in [0.1, 0.15) is 31.9 Å². The van der Waals surface area contributed by atoms with Gasteiger partial charge in [-0.25, -0.2) is 0 Å². The van der Waals surface area contributed by atoms with E-state index in [9.17, 15) is 4.79 Å². The van der Waals surface area contributed by atoms with Crippen molar-refractivity contribution >= 4 is 17.7 Å². The molecule has 0 aliphatic carbocycles. The lowest BCUT2D eigenvalue weighted by Crippen LogP contribution is -2.50. The summed E-state index contributed by atoms with van der Waals surface area (Å²) in [4.78, 5) is 14.8. The van der Waals surface area contributed by atoms with Crippen LogP contribution in [0, 0.1) is 13.8 Å². The van der Waals surface area contributed by atoms with Crippen molar-refractivity contribution in [2.75, 3.05) is 13.1 Å². The monoisotopic (exact) mass is 374 g/mol. The first-order chi connectivity index (χ1) is 12.3. The van der Waals surface area contributed by atoms with Crippen molar-refractivity contribution in [3.63, 3.8) is 0 Å². The van der Waals surface area contributed by atoms with Crippen molar-refractivity contribution in [3.05, 3.63) is 35.7 Å². The molecule has 6 nitrogen and oxygen atoms in total. The molecule has 0 unspecified atom stereocenters. The van der Waals surface area contributed by atoms with Gasteiger partial charge in [-0.05, 0) is 46.2 Å². The van der Waals surface area contributed by atoms with E-state index in [1.807, 2.05) is 30.2 Å². The maximum absolute atomic E-state index is 12.9. The van der Waals surface area contributed by atoms with Gasteiger partial charge in [0.05, 0.1) is 23.1 Å². The highest BCUT2D eigenvalue weighted by Gasteiger charge is 2.30. The van der Waals surface area contributed by atoms with Crippen molar-refractivity contribution in [2.24, 2.45) is 0 Å². The van der Waals surface area contributed by atoms with E-state index < -0.39 is 0 Å². The summed E-state index contributed by atoms with van der Waals surface area (Å²) >= 11 is 1.45. The van der Waals surface area contributed by atoms with Gasteiger partial charge in [0.1, 0.15) is 6.33 Å². The Morgan fingerprint density at radius 1 is 1.27 bits per heavy atom. The molecule has 1 fully saturated rings. The van der Waals surface area contributed by atoms with Gasteiger partial charge >= 0.3 is 0 Å². The number of morpholine rings is 1. The number of aromatic nitrogens is 3. The minimum Gasteiger partial charge on any atom is -0.372 e. The Bertz CT molecular complexity index is 782. The van der Waals surface area contributed by atoms with E-state index in [-0.39, 0.29) is 23.4 Å². The SMILES string of the molecule is Cc1ccc(-n2cnnc2S[C@H](C)C(=O)N2C[C@@H](C)O[C@@H](C)C2)c(C)c1. The van der Waals surface area contributed by atoms with Gasteiger partial charge in [0.2, 0.25) is 5.91 Å². The Morgan fingerprint density at radius 3 is 2.62 bits per heavy atom. The number of nitrogens with zero attached hydrogens (tertiary/aromatic N) is 4. The summed E-state index contributed by atoms with van der Waals surface area (Å²) in [7, 11) is 0. The molecule has 7 heteroatoms. The first-order valence-corrected chi connectivity index (χ1v) is 9.81. The van der Waals surface area contributed by atoms with Crippen molar-refractivity contribution in [2.45, 2.75) is 57.2 Å². The molecular formula is C19H26N4O2S. The summed E-state index contributed by atoms with van der Waals surface area (Å²) in [6.45, 7) is 11.4. The molecular weight excluding hydrogens is 348 g/mol. The fourth-order valence-electron chi connectivity index (χ4n) is 3.37. The molecule has 3 atom stereocenters. The van der Waals surface area contributed by atoms with Crippen LogP contribution in [0.3, 0.4) is 0 Å². The van der Waals surface area contributed by atoms with E-state index in [1.54, 1.807) is 6.33 Å². The number of aryl methyl sites for hydroxylation is 2. The van der Waals surface area contributed by atoms with Gasteiger partial charge in [-0.3, -0.25) is 9.36 Å². The Labute approximate surface area is 158 Å². The first-order valence-electron chi connectivity index (χ1n) is 8.93. The molecule has 0 saturated carbocycles. The zero-order chi connectivity index (χ0) is 18.8. The number of thioether (sulfide) groups is 1. The number of carbonyl (C=O) groups excluding carboxylic acids is 1. The Balaban J connectivity index is 1.75. The largest absolute Gasteiger partial charge is 0.372 e. The van der Waals surface area contributed by atoms with Crippen LogP contribution in [0.5, 0.6) is 0 Å². The molecule has 0 bridgehead atoms. The summed E-state index contributed by atoms with van der Waals surface area (Å²) in [5.41, 5.74) is 3.41. The second-order valence-corrected chi connectivity index (χ2v) is 8.34. The molecule has 1 aromatic carbocycles. The van der Waals surface area contributed by atoms with Crippen LogP contribution in [0.4, 0.5) is 0 Å². The van der Waals surface area contributed by atoms with Crippen molar-refractivity contribution in [1.82, 2.24) is 19.7 Å². The van der Waals surface area contributed by atoms with Gasteiger partial charge in [-0.1, -0.05) is 29.5 Å². The first kappa shape index (κ1) is 18.9. The molecule has 0 radical (unpaired) electrons. The van der Waals surface area contributed by atoms with Crippen LogP contribution in [0.15, 0.2) is 29.7 Å². The summed E-state index contributed by atoms with van der Waals surface area (Å²) in [6.07, 6.45) is 1.84. The summed E-state index contributed by atoms with van der Waals surface area (Å²) < 4.78 is 7.68. The van der Waals surface area contributed by atoms with Gasteiger partial charge in [-0.2, -0.15) is 0 Å². The van der Waals surface area contributed by atoms with Gasteiger partial charge in [-0.15, -0.1) is 10.2 Å². The molecule has 1 saturated heterocycles. The molecule has 0 N–H and O–H groups in total. The van der Waals surface area contributed by atoms with Gasteiger partial charge in [0.25, 0.3) is 0 Å². The third-order valence-corrected chi connectivity index (χ3v) is 5.53. The smallest absolute Gasteiger partial charge is 0.236 e. The number of ether oxygens (including phenoxy) is 1. The Morgan fingerprint density at radius 2 is 1.96 bits per heavy atom. The zero-order valence-electron chi connectivity index (χ0n) is 16.0. The molecule has 0 spiro atoms. The van der Waals surface area contributed by atoms with E-state index in [0.717, 1.165) is 16.4 Å². The highest BCUT2D eigenvalue weighted by Crippen LogP contribution is 2.27. The third-order valence-electron chi connectivity index (χ3n) is 4.49. The predicted octanol–water partition coefficient (Wildman–Crippen LogP) is 3.00. The average Bonchev–Trinajstić information content (AvgIpc) is 3.01. The number of hydrogen-bond acceptors (Lipinski definition) is 5. The maximum Gasteiger partial charge on any atom is 0.236 e. The lowest BCUT2D eigenvalue weighted by molar-refractivity contribution is -0.142. The number of amides is 1. The average molecular weight is 375 g/mol. The van der Waals surface area contributed by atoms with E-state index in [2.05, 4.69) is 42.2 Å². The van der Waals surface area contributed by atoms with Crippen molar-refractivity contribution in [1.29, 1.82) is 0 Å². The number of hydrogen-bond donors (Lipinski definition) is 0. The molecule has 26 heavy (non-hydrogen) atoms. The lowest BCUT2D eigenvalue weighted by Gasteiger charge is -2.36. The fraction of sp³-hybridized carbons (Fsp3) is 0.526. The van der Waals surface area contributed by atoms with E-state index in [1.165, 1.54) is 17.3 Å². The van der Waals surface area contributed by atoms with Crippen LogP contribution in [0.2, 0.25) is 0 Å². The fourth-order valence-corrected chi connectivity index (χ4v) is 4.29. The molecule has 1 amide bonds. The van der Waals surface area contributed by atoms with E-state index in [0.29, 0.717) is 13.1 Å². The normalized spacial score (nSPS) is 21.7. The van der Waals surface area contributed by atoms with Crippen LogP contribution in [-0.4, -0.2) is 56.1 Å². The minimum atomic E-state index is -0.235. The van der Waals surface area contributed by atoms with Crippen molar-refractivity contribution in [3.8, 4) is 5.69 Å². The molecule has 1 aliphatic rings. The van der Waals surface area contributed by atoms with Crippen molar-refractivity contribution < 1.29 is 9.53 Å².